The van der Waals surface area contributed by atoms with E-state index in [1.54, 1.807) is 17.4 Å². The second-order valence-electron chi connectivity index (χ2n) is 7.64. The van der Waals surface area contributed by atoms with Crippen LogP contribution in [0.3, 0.4) is 0 Å². The first kappa shape index (κ1) is 17.8. The topological polar surface area (TPSA) is 9.23 Å². The van der Waals surface area contributed by atoms with E-state index < -0.39 is 0 Å². The van der Waals surface area contributed by atoms with Gasteiger partial charge in [-0.1, -0.05) is 78.9 Å². The molecule has 4 aromatic carbocycles. The van der Waals surface area contributed by atoms with E-state index in [-0.39, 0.29) is 0 Å². The molecular weight excluding hydrogens is 352 g/mol. The van der Waals surface area contributed by atoms with Gasteiger partial charge in [-0.15, -0.1) is 0 Å². The maximum atomic E-state index is 5.31. The molecule has 1 nitrogen and oxygen atoms in total. The highest BCUT2D eigenvalue weighted by Gasteiger charge is 2.13. The molecular formula is C28H24O. The number of ether oxygens (including phenoxy) is 1. The van der Waals surface area contributed by atoms with Gasteiger partial charge >= 0.3 is 0 Å². The van der Waals surface area contributed by atoms with Crippen molar-refractivity contribution >= 4 is 27.6 Å². The summed E-state index contributed by atoms with van der Waals surface area (Å²) >= 11 is 0. The molecule has 0 aromatic heterocycles. The molecule has 0 radical (unpaired) electrons. The van der Waals surface area contributed by atoms with Crippen LogP contribution >= 0.6 is 0 Å². The van der Waals surface area contributed by atoms with Crippen LogP contribution in [0.15, 0.2) is 91.2 Å². The molecule has 142 valence electrons. The number of fused-ring (bicyclic) bond motifs is 6. The first-order valence-electron chi connectivity index (χ1n) is 10.4. The molecule has 2 aliphatic rings. The highest BCUT2D eigenvalue weighted by Crippen LogP contribution is 2.33. The summed E-state index contributed by atoms with van der Waals surface area (Å²) in [6.07, 6.45) is 12.8. The van der Waals surface area contributed by atoms with Crippen molar-refractivity contribution in [2.24, 2.45) is 0 Å². The van der Waals surface area contributed by atoms with E-state index in [1.165, 1.54) is 47.2 Å². The summed E-state index contributed by atoms with van der Waals surface area (Å²) in [6, 6.07) is 25.9. The molecule has 0 unspecified atom stereocenters. The van der Waals surface area contributed by atoms with Crippen molar-refractivity contribution in [2.75, 3.05) is 0 Å². The molecule has 6 rings (SSSR count). The second kappa shape index (κ2) is 7.97. The Morgan fingerprint density at radius 1 is 0.621 bits per heavy atom. The average molecular weight is 376 g/mol. The average Bonchev–Trinajstić information content (AvgIpc) is 3.05. The summed E-state index contributed by atoms with van der Waals surface area (Å²) < 4.78 is 5.31. The number of para-hydroxylation sites is 1. The Labute approximate surface area is 171 Å². The van der Waals surface area contributed by atoms with Crippen molar-refractivity contribution in [3.05, 3.63) is 108 Å². The highest BCUT2D eigenvalue weighted by atomic mass is 16.5. The third-order valence-electron chi connectivity index (χ3n) is 5.84. The van der Waals surface area contributed by atoms with E-state index in [2.05, 4.69) is 48.5 Å². The van der Waals surface area contributed by atoms with Gasteiger partial charge in [0, 0.05) is 5.56 Å². The fraction of sp³-hybridized carbons (Fsp3) is 0.143. The van der Waals surface area contributed by atoms with E-state index in [4.69, 9.17) is 4.74 Å². The van der Waals surface area contributed by atoms with Gasteiger partial charge in [0.15, 0.2) is 0 Å². The van der Waals surface area contributed by atoms with Crippen LogP contribution in [-0.2, 0) is 12.8 Å². The first-order chi connectivity index (χ1) is 14.4. The summed E-state index contributed by atoms with van der Waals surface area (Å²) in [4.78, 5) is 0. The van der Waals surface area contributed by atoms with Gasteiger partial charge in [-0.25, -0.2) is 0 Å². The van der Waals surface area contributed by atoms with E-state index in [0.717, 1.165) is 11.3 Å². The Balaban J connectivity index is 0.000000142. The quantitative estimate of drug-likeness (QED) is 0.289. The van der Waals surface area contributed by atoms with Crippen LogP contribution in [0.4, 0.5) is 0 Å². The Bertz CT molecular complexity index is 1230. The zero-order valence-electron chi connectivity index (χ0n) is 16.5. The van der Waals surface area contributed by atoms with Gasteiger partial charge in [0.05, 0.1) is 6.26 Å². The fourth-order valence-electron chi connectivity index (χ4n) is 4.39. The Morgan fingerprint density at radius 3 is 2.45 bits per heavy atom. The van der Waals surface area contributed by atoms with Crippen molar-refractivity contribution in [3.63, 3.8) is 0 Å². The van der Waals surface area contributed by atoms with Gasteiger partial charge in [0.1, 0.15) is 5.75 Å². The van der Waals surface area contributed by atoms with Crippen LogP contribution in [-0.4, -0.2) is 0 Å². The number of allylic oxidation sites excluding steroid dienone is 2. The molecule has 0 amide bonds. The third-order valence-corrected chi connectivity index (χ3v) is 5.84. The maximum absolute atomic E-state index is 5.31. The minimum absolute atomic E-state index is 0.914. The van der Waals surface area contributed by atoms with E-state index in [1.807, 2.05) is 42.5 Å². The van der Waals surface area contributed by atoms with Gasteiger partial charge in [-0.2, -0.15) is 0 Å². The van der Waals surface area contributed by atoms with Crippen molar-refractivity contribution in [3.8, 4) is 5.75 Å². The van der Waals surface area contributed by atoms with Crippen LogP contribution in [0.25, 0.3) is 27.6 Å². The van der Waals surface area contributed by atoms with Crippen molar-refractivity contribution in [1.29, 1.82) is 0 Å². The van der Waals surface area contributed by atoms with Crippen molar-refractivity contribution < 1.29 is 4.74 Å². The number of benzene rings is 4. The lowest BCUT2D eigenvalue weighted by atomic mass is 9.86. The van der Waals surface area contributed by atoms with Gasteiger partial charge in [-0.05, 0) is 70.5 Å². The lowest BCUT2D eigenvalue weighted by molar-refractivity contribution is 0.481. The van der Waals surface area contributed by atoms with Crippen LogP contribution in [0, 0.1) is 0 Å². The molecule has 1 heteroatoms. The Kier molecular flexibility index (Phi) is 4.88. The minimum Gasteiger partial charge on any atom is -0.464 e. The molecule has 0 atom stereocenters. The lowest BCUT2D eigenvalue weighted by Gasteiger charge is -2.18. The maximum Gasteiger partial charge on any atom is 0.133 e. The summed E-state index contributed by atoms with van der Waals surface area (Å²) in [5.41, 5.74) is 4.30. The van der Waals surface area contributed by atoms with Gasteiger partial charge in [-0.3, -0.25) is 0 Å². The zero-order valence-corrected chi connectivity index (χ0v) is 16.5. The largest absolute Gasteiger partial charge is 0.464 e. The van der Waals surface area contributed by atoms with Crippen molar-refractivity contribution in [1.82, 2.24) is 0 Å². The number of hydrogen-bond acceptors (Lipinski definition) is 1. The molecule has 0 bridgehead atoms. The number of hydrogen-bond donors (Lipinski definition) is 0. The smallest absolute Gasteiger partial charge is 0.133 e. The van der Waals surface area contributed by atoms with Gasteiger partial charge in [0.25, 0.3) is 0 Å². The van der Waals surface area contributed by atoms with Crippen LogP contribution in [0.1, 0.15) is 29.5 Å². The van der Waals surface area contributed by atoms with Gasteiger partial charge < -0.3 is 4.74 Å². The monoisotopic (exact) mass is 376 g/mol. The molecule has 0 saturated heterocycles. The summed E-state index contributed by atoms with van der Waals surface area (Å²) in [5, 5.41) is 5.64. The zero-order chi connectivity index (χ0) is 19.5. The lowest BCUT2D eigenvalue weighted by Crippen LogP contribution is -2.02. The molecule has 1 aliphatic carbocycles. The second-order valence-corrected chi connectivity index (χ2v) is 7.64. The predicted molar refractivity (Wildman–Crippen MR) is 123 cm³/mol. The van der Waals surface area contributed by atoms with Crippen LogP contribution in [0.2, 0.25) is 0 Å². The highest BCUT2D eigenvalue weighted by molar-refractivity contribution is 6.08. The predicted octanol–water partition coefficient (Wildman–Crippen LogP) is 7.48. The van der Waals surface area contributed by atoms with Crippen LogP contribution < -0.4 is 4.74 Å². The fourth-order valence-corrected chi connectivity index (χ4v) is 4.39. The molecule has 1 heterocycles. The molecule has 4 aromatic rings. The SMILES string of the molecule is C1=COc2ccccc2C=C1.c1ccc2c(c1)ccc1c3c(ccc12)CCCC3. The standard InChI is InChI=1S/C18H16.C10H8O/c1-3-7-15-13(5-1)9-11-18-16-8-4-2-6-14(16)10-12-17(15)18;1-2-7-10-9(5-1)6-3-4-8-11-10/h1,3,5,7,9-12H,2,4,6,8H2;1-8H. The van der Waals surface area contributed by atoms with E-state index in [0.29, 0.717) is 0 Å². The first-order valence-corrected chi connectivity index (χ1v) is 10.4. The molecule has 0 fully saturated rings. The summed E-state index contributed by atoms with van der Waals surface area (Å²) in [5.74, 6) is 0.914. The molecule has 1 aliphatic heterocycles. The Morgan fingerprint density at radius 2 is 1.45 bits per heavy atom. The third kappa shape index (κ3) is 3.56. The molecule has 0 saturated carbocycles. The van der Waals surface area contributed by atoms with Crippen LogP contribution in [0.5, 0.6) is 5.75 Å². The van der Waals surface area contributed by atoms with E-state index in [9.17, 15) is 0 Å². The molecule has 29 heavy (non-hydrogen) atoms. The number of aryl methyl sites for hydroxylation is 2. The summed E-state index contributed by atoms with van der Waals surface area (Å²) in [6.45, 7) is 0. The summed E-state index contributed by atoms with van der Waals surface area (Å²) in [7, 11) is 0. The minimum atomic E-state index is 0.914. The van der Waals surface area contributed by atoms with E-state index >= 15 is 0 Å². The van der Waals surface area contributed by atoms with Crippen molar-refractivity contribution in [2.45, 2.75) is 25.7 Å². The number of rotatable bonds is 0. The molecule has 0 N–H and O–H groups in total. The Hall–Kier alpha value is -3.32. The molecule has 0 spiro atoms. The normalized spacial score (nSPS) is 14.3. The van der Waals surface area contributed by atoms with Gasteiger partial charge in [0.2, 0.25) is 0 Å².